The molecule has 0 radical (unpaired) electrons. The van der Waals surface area contributed by atoms with Crippen molar-refractivity contribution in [3.05, 3.63) is 23.7 Å². The first-order chi connectivity index (χ1) is 6.51. The number of nitrogens with two attached hydrogens (primary N) is 1. The van der Waals surface area contributed by atoms with Crippen LogP contribution in [0.15, 0.2) is 16.5 Å². The second-order valence-corrected chi connectivity index (χ2v) is 2.56. The molecule has 0 bridgehead atoms. The summed E-state index contributed by atoms with van der Waals surface area (Å²) >= 11 is 0. The van der Waals surface area contributed by atoms with E-state index in [1.807, 2.05) is 0 Å². The summed E-state index contributed by atoms with van der Waals surface area (Å²) in [5.41, 5.74) is 4.83. The van der Waals surface area contributed by atoms with Gasteiger partial charge in [0.1, 0.15) is 0 Å². The molecular weight excluding hydrogens is 196 g/mol. The zero-order valence-electron chi connectivity index (χ0n) is 7.42. The topological polar surface area (TPSA) is 65.5 Å². The van der Waals surface area contributed by atoms with Gasteiger partial charge in [0, 0.05) is 0 Å². The van der Waals surface area contributed by atoms with Crippen LogP contribution in [0.4, 0.5) is 8.78 Å². The number of rotatable bonds is 3. The van der Waals surface area contributed by atoms with E-state index in [0.717, 1.165) is 19.2 Å². The van der Waals surface area contributed by atoms with Gasteiger partial charge in [-0.2, -0.15) is 8.78 Å². The molecule has 0 amide bonds. The molecule has 0 fully saturated rings. The van der Waals surface area contributed by atoms with Crippen LogP contribution < -0.4 is 5.73 Å². The van der Waals surface area contributed by atoms with Crippen LogP contribution in [0.25, 0.3) is 0 Å². The highest BCUT2D eigenvalue weighted by Crippen LogP contribution is 2.28. The normalized spacial score (nSPS) is 11.4. The van der Waals surface area contributed by atoms with Crippen LogP contribution in [0.3, 0.4) is 0 Å². The van der Waals surface area contributed by atoms with Gasteiger partial charge < -0.3 is 14.9 Å². The number of esters is 1. The van der Waals surface area contributed by atoms with Crippen LogP contribution in [0, 0.1) is 0 Å². The first-order valence-electron chi connectivity index (χ1n) is 3.78. The molecule has 0 aliphatic rings. The Morgan fingerprint density at radius 3 is 2.79 bits per heavy atom. The molecular formula is C8H9F2NO3. The van der Waals surface area contributed by atoms with Crippen molar-refractivity contribution >= 4 is 5.97 Å². The van der Waals surface area contributed by atoms with E-state index in [4.69, 9.17) is 5.73 Å². The van der Waals surface area contributed by atoms with Gasteiger partial charge in [0.15, 0.2) is 5.76 Å². The summed E-state index contributed by atoms with van der Waals surface area (Å²) in [6, 6.07) is 2.11. The highest BCUT2D eigenvalue weighted by atomic mass is 19.3. The number of carbonyl (C=O) groups excluding carboxylic acids is 1. The number of alkyl halides is 2. The minimum atomic E-state index is -3.26. The van der Waals surface area contributed by atoms with Gasteiger partial charge in [0.05, 0.1) is 13.7 Å². The predicted molar refractivity (Wildman–Crippen MR) is 43.0 cm³/mol. The molecule has 0 atom stereocenters. The van der Waals surface area contributed by atoms with Crippen molar-refractivity contribution in [2.24, 2.45) is 5.73 Å². The van der Waals surface area contributed by atoms with Crippen molar-refractivity contribution in [1.82, 2.24) is 0 Å². The molecule has 2 N–H and O–H groups in total. The summed E-state index contributed by atoms with van der Waals surface area (Å²) in [6.45, 7) is -0.874. The van der Waals surface area contributed by atoms with E-state index < -0.39 is 24.2 Å². The van der Waals surface area contributed by atoms with Gasteiger partial charge in [-0.1, -0.05) is 0 Å². The van der Waals surface area contributed by atoms with E-state index in [0.29, 0.717) is 0 Å². The molecule has 4 nitrogen and oxygen atoms in total. The Hall–Kier alpha value is -1.43. The second-order valence-electron chi connectivity index (χ2n) is 2.56. The fourth-order valence-corrected chi connectivity index (χ4v) is 0.845. The van der Waals surface area contributed by atoms with Gasteiger partial charge in [-0.15, -0.1) is 0 Å². The Labute approximate surface area is 78.6 Å². The monoisotopic (exact) mass is 205 g/mol. The molecule has 6 heteroatoms. The molecule has 1 aromatic heterocycles. The Morgan fingerprint density at radius 1 is 1.64 bits per heavy atom. The van der Waals surface area contributed by atoms with Gasteiger partial charge in [-0.25, -0.2) is 4.79 Å². The largest absolute Gasteiger partial charge is 0.463 e. The number of carbonyl (C=O) groups is 1. The van der Waals surface area contributed by atoms with E-state index in [2.05, 4.69) is 9.15 Å². The number of ether oxygens (including phenoxy) is 1. The fourth-order valence-electron chi connectivity index (χ4n) is 0.845. The average molecular weight is 205 g/mol. The first-order valence-corrected chi connectivity index (χ1v) is 3.78. The second kappa shape index (κ2) is 3.75. The highest BCUT2D eigenvalue weighted by molar-refractivity contribution is 5.86. The third-order valence-corrected chi connectivity index (χ3v) is 1.61. The van der Waals surface area contributed by atoms with Crippen LogP contribution in [0.5, 0.6) is 0 Å². The summed E-state index contributed by atoms with van der Waals surface area (Å²) in [4.78, 5) is 10.8. The SMILES string of the molecule is COC(=O)c1ccc(C(F)(F)CN)o1. The molecule has 0 saturated heterocycles. The lowest BCUT2D eigenvalue weighted by atomic mass is 10.2. The third kappa shape index (κ3) is 1.90. The van der Waals surface area contributed by atoms with Crippen molar-refractivity contribution in [1.29, 1.82) is 0 Å². The van der Waals surface area contributed by atoms with Crippen molar-refractivity contribution in [3.8, 4) is 0 Å². The van der Waals surface area contributed by atoms with Gasteiger partial charge in [-0.05, 0) is 12.1 Å². The van der Waals surface area contributed by atoms with Crippen LogP contribution in [-0.4, -0.2) is 19.6 Å². The standard InChI is InChI=1S/C8H9F2NO3/c1-13-7(12)5-2-3-6(14-5)8(9,10)4-11/h2-3H,4,11H2,1H3. The van der Waals surface area contributed by atoms with Gasteiger partial charge in [-0.3, -0.25) is 0 Å². The summed E-state index contributed by atoms with van der Waals surface area (Å²) < 4.78 is 34.7. The highest BCUT2D eigenvalue weighted by Gasteiger charge is 2.34. The molecule has 0 aliphatic heterocycles. The number of halogens is 2. The van der Waals surface area contributed by atoms with E-state index in [9.17, 15) is 13.6 Å². The van der Waals surface area contributed by atoms with Crippen LogP contribution in [-0.2, 0) is 10.7 Å². The quantitative estimate of drug-likeness (QED) is 0.751. The maximum atomic E-state index is 12.9. The van der Waals surface area contributed by atoms with E-state index >= 15 is 0 Å². The number of hydrogen-bond donors (Lipinski definition) is 1. The van der Waals surface area contributed by atoms with Crippen molar-refractivity contribution in [3.63, 3.8) is 0 Å². The summed E-state index contributed by atoms with van der Waals surface area (Å²) in [6.07, 6.45) is 0. The van der Waals surface area contributed by atoms with E-state index in [-0.39, 0.29) is 5.76 Å². The van der Waals surface area contributed by atoms with E-state index in [1.165, 1.54) is 0 Å². The molecule has 0 spiro atoms. The van der Waals surface area contributed by atoms with Gasteiger partial charge in [0.2, 0.25) is 5.76 Å². The lowest BCUT2D eigenvalue weighted by molar-refractivity contribution is -0.0171. The molecule has 1 heterocycles. The molecule has 1 aromatic rings. The van der Waals surface area contributed by atoms with Crippen LogP contribution >= 0.6 is 0 Å². The van der Waals surface area contributed by atoms with Crippen molar-refractivity contribution < 1.29 is 22.7 Å². The van der Waals surface area contributed by atoms with Crippen LogP contribution in [0.1, 0.15) is 16.3 Å². The Bertz CT molecular complexity index is 335. The molecule has 0 aliphatic carbocycles. The molecule has 0 unspecified atom stereocenters. The summed E-state index contributed by atoms with van der Waals surface area (Å²) in [7, 11) is 1.13. The van der Waals surface area contributed by atoms with E-state index in [1.54, 1.807) is 0 Å². The van der Waals surface area contributed by atoms with Gasteiger partial charge in [0.25, 0.3) is 0 Å². The summed E-state index contributed by atoms with van der Waals surface area (Å²) in [5, 5.41) is 0. The maximum Gasteiger partial charge on any atom is 0.373 e. The Morgan fingerprint density at radius 2 is 2.29 bits per heavy atom. The number of hydrogen-bond acceptors (Lipinski definition) is 4. The predicted octanol–water partition coefficient (Wildman–Crippen LogP) is 1.12. The van der Waals surface area contributed by atoms with Crippen LogP contribution in [0.2, 0.25) is 0 Å². The fraction of sp³-hybridized carbons (Fsp3) is 0.375. The lowest BCUT2D eigenvalue weighted by Crippen LogP contribution is -2.24. The number of methoxy groups -OCH3 is 1. The Balaban J connectivity index is 2.93. The molecule has 0 saturated carbocycles. The smallest absolute Gasteiger partial charge is 0.373 e. The van der Waals surface area contributed by atoms with Crippen molar-refractivity contribution in [2.75, 3.05) is 13.7 Å². The number of furan rings is 1. The lowest BCUT2D eigenvalue weighted by Gasteiger charge is -2.09. The molecule has 14 heavy (non-hydrogen) atoms. The third-order valence-electron chi connectivity index (χ3n) is 1.61. The molecule has 1 rings (SSSR count). The maximum absolute atomic E-state index is 12.9. The Kier molecular flexibility index (Phi) is 2.85. The molecule has 0 aromatic carbocycles. The minimum absolute atomic E-state index is 0.268. The molecule has 78 valence electrons. The zero-order chi connectivity index (χ0) is 10.8. The van der Waals surface area contributed by atoms with Gasteiger partial charge >= 0.3 is 11.9 Å². The minimum Gasteiger partial charge on any atom is -0.463 e. The first kappa shape index (κ1) is 10.6. The zero-order valence-corrected chi connectivity index (χ0v) is 7.42. The average Bonchev–Trinajstić information content (AvgIpc) is 2.66. The van der Waals surface area contributed by atoms with Crippen molar-refractivity contribution in [2.45, 2.75) is 5.92 Å². The summed E-state index contributed by atoms with van der Waals surface area (Å²) in [5.74, 6) is -4.97.